The number of nitrogens with one attached hydrogen (secondary N) is 2. The maximum absolute atomic E-state index is 12.3. The molecule has 31 heavy (non-hydrogen) atoms. The molecular weight excluding hydrogens is 527 g/mol. The molecule has 0 aromatic heterocycles. The first-order chi connectivity index (χ1) is 14.1. The largest absolute Gasteiger partial charge is 0.356 e. The van der Waals surface area contributed by atoms with Gasteiger partial charge in [-0.1, -0.05) is 44.2 Å². The van der Waals surface area contributed by atoms with Gasteiger partial charge in [0.1, 0.15) is 9.84 Å². The molecule has 1 heterocycles. The highest BCUT2D eigenvalue weighted by molar-refractivity contribution is 14.0. The van der Waals surface area contributed by atoms with Gasteiger partial charge >= 0.3 is 0 Å². The van der Waals surface area contributed by atoms with Gasteiger partial charge in [-0.05, 0) is 23.8 Å². The molecule has 1 unspecified atom stereocenters. The summed E-state index contributed by atoms with van der Waals surface area (Å²) in [6.07, 6.45) is 3.28. The highest BCUT2D eigenvalue weighted by Crippen LogP contribution is 2.20. The third-order valence-electron chi connectivity index (χ3n) is 5.47. The highest BCUT2D eigenvalue weighted by atomic mass is 127. The highest BCUT2D eigenvalue weighted by Gasteiger charge is 2.29. The van der Waals surface area contributed by atoms with E-state index in [-0.39, 0.29) is 47.0 Å². The summed E-state index contributed by atoms with van der Waals surface area (Å²) in [6, 6.07) is 10.2. The minimum Gasteiger partial charge on any atom is -0.356 e. The predicted octanol–water partition coefficient (Wildman–Crippen LogP) is 2.32. The van der Waals surface area contributed by atoms with Gasteiger partial charge in [0.15, 0.2) is 5.96 Å². The van der Waals surface area contributed by atoms with Crippen LogP contribution >= 0.6 is 24.0 Å². The third kappa shape index (κ3) is 10.7. The van der Waals surface area contributed by atoms with Gasteiger partial charge in [-0.3, -0.25) is 9.79 Å². The molecule has 7 nitrogen and oxygen atoms in total. The molecule has 1 aromatic rings. The second-order valence-corrected chi connectivity index (χ2v) is 11.3. The lowest BCUT2D eigenvalue weighted by Gasteiger charge is -2.26. The van der Waals surface area contributed by atoms with Gasteiger partial charge in [0, 0.05) is 51.8 Å². The van der Waals surface area contributed by atoms with E-state index in [4.69, 9.17) is 0 Å². The van der Waals surface area contributed by atoms with Gasteiger partial charge in [-0.25, -0.2) is 8.42 Å². The first-order valence-electron chi connectivity index (χ1n) is 10.5. The molecule has 2 N–H and O–H groups in total. The Hall–Kier alpha value is -1.36. The Labute approximate surface area is 204 Å². The molecule has 1 aromatic carbocycles. The third-order valence-corrected chi connectivity index (χ3v) is 6.42. The second-order valence-electron chi connectivity index (χ2n) is 9.00. The molecule has 176 valence electrons. The summed E-state index contributed by atoms with van der Waals surface area (Å²) >= 11 is 0. The van der Waals surface area contributed by atoms with Crippen LogP contribution in [0, 0.1) is 11.3 Å². The molecule has 1 atom stereocenters. The van der Waals surface area contributed by atoms with Crippen LogP contribution in [-0.2, 0) is 21.1 Å². The molecule has 1 amide bonds. The normalized spacial score (nSPS) is 17.4. The summed E-state index contributed by atoms with van der Waals surface area (Å²) in [7, 11) is -1.25. The monoisotopic (exact) mass is 564 g/mol. The molecule has 9 heteroatoms. The first-order valence-corrected chi connectivity index (χ1v) is 12.6. The topological polar surface area (TPSA) is 90.9 Å². The number of amides is 1. The van der Waals surface area contributed by atoms with Crippen LogP contribution in [0.15, 0.2) is 35.3 Å². The van der Waals surface area contributed by atoms with Crippen LogP contribution in [0.3, 0.4) is 0 Å². The summed E-state index contributed by atoms with van der Waals surface area (Å²) in [4.78, 5) is 18.5. The molecule has 2 rings (SSSR count). The van der Waals surface area contributed by atoms with Gasteiger partial charge in [-0.15, -0.1) is 24.0 Å². The van der Waals surface area contributed by atoms with E-state index in [1.807, 2.05) is 36.9 Å². The molecular formula is C22H37IN4O3S. The second kappa shape index (κ2) is 12.6. The molecule has 1 aliphatic heterocycles. The zero-order valence-corrected chi connectivity index (χ0v) is 22.2. The van der Waals surface area contributed by atoms with Gasteiger partial charge < -0.3 is 15.5 Å². The van der Waals surface area contributed by atoms with Crippen molar-refractivity contribution in [3.05, 3.63) is 35.9 Å². The molecule has 0 saturated carbocycles. The zero-order valence-electron chi connectivity index (χ0n) is 19.1. The maximum Gasteiger partial charge on any atom is 0.223 e. The van der Waals surface area contributed by atoms with Crippen LogP contribution in [0.4, 0.5) is 0 Å². The number of hydrogen-bond donors (Lipinski definition) is 2. The molecule has 1 saturated heterocycles. The van der Waals surface area contributed by atoms with Crippen molar-refractivity contribution >= 4 is 45.7 Å². The molecule has 1 aliphatic rings. The average molecular weight is 565 g/mol. The van der Waals surface area contributed by atoms with Crippen molar-refractivity contribution in [1.82, 2.24) is 15.5 Å². The summed E-state index contributed by atoms with van der Waals surface area (Å²) in [6.45, 7) is 6.89. The Kier molecular flexibility index (Phi) is 11.3. The molecule has 0 aliphatic carbocycles. The van der Waals surface area contributed by atoms with E-state index in [1.54, 1.807) is 7.05 Å². The fourth-order valence-corrected chi connectivity index (χ4v) is 4.37. The molecule has 1 fully saturated rings. The number of sulfone groups is 1. The summed E-state index contributed by atoms with van der Waals surface area (Å²) in [5.74, 6) is 1.32. The van der Waals surface area contributed by atoms with Gasteiger partial charge in [0.25, 0.3) is 0 Å². The Balaban J connectivity index is 0.00000480. The Morgan fingerprint density at radius 3 is 2.52 bits per heavy atom. The summed E-state index contributed by atoms with van der Waals surface area (Å²) < 4.78 is 22.8. The van der Waals surface area contributed by atoms with Crippen LogP contribution in [-0.4, -0.2) is 70.4 Å². The number of likely N-dealkylation sites (tertiary alicyclic amines) is 1. The van der Waals surface area contributed by atoms with Gasteiger partial charge in [-0.2, -0.15) is 0 Å². The minimum atomic E-state index is -2.97. The van der Waals surface area contributed by atoms with E-state index >= 15 is 0 Å². The number of carbonyl (C=O) groups excluding carboxylic acids is 1. The van der Waals surface area contributed by atoms with E-state index in [2.05, 4.69) is 27.8 Å². The number of carbonyl (C=O) groups is 1. The number of halogens is 1. The van der Waals surface area contributed by atoms with E-state index in [0.29, 0.717) is 31.9 Å². The van der Waals surface area contributed by atoms with Crippen molar-refractivity contribution < 1.29 is 13.2 Å². The first kappa shape index (κ1) is 27.7. The van der Waals surface area contributed by atoms with Crippen molar-refractivity contribution in [3.8, 4) is 0 Å². The van der Waals surface area contributed by atoms with Crippen molar-refractivity contribution in [2.75, 3.05) is 45.2 Å². The van der Waals surface area contributed by atoms with E-state index < -0.39 is 9.84 Å². The molecule has 0 spiro atoms. The molecule has 0 radical (unpaired) electrons. The lowest BCUT2D eigenvalue weighted by atomic mass is 9.90. The van der Waals surface area contributed by atoms with Crippen LogP contribution in [0.25, 0.3) is 0 Å². The van der Waals surface area contributed by atoms with Crippen molar-refractivity contribution in [3.63, 3.8) is 0 Å². The van der Waals surface area contributed by atoms with E-state index in [0.717, 1.165) is 19.5 Å². The fourth-order valence-electron chi connectivity index (χ4n) is 3.45. The van der Waals surface area contributed by atoms with Crippen LogP contribution in [0.5, 0.6) is 0 Å². The number of benzene rings is 1. The number of aliphatic imine (C=N–C) groups is 1. The molecule has 0 bridgehead atoms. The Morgan fingerprint density at radius 1 is 1.23 bits per heavy atom. The van der Waals surface area contributed by atoms with Crippen LogP contribution in [0.2, 0.25) is 0 Å². The van der Waals surface area contributed by atoms with Crippen LogP contribution in [0.1, 0.15) is 32.3 Å². The predicted molar refractivity (Wildman–Crippen MR) is 138 cm³/mol. The fraction of sp³-hybridized carbons (Fsp3) is 0.636. The SMILES string of the molecule is CN=C(NCC1CC(=O)N(CCc2ccccc2)C1)NCC(C)(C)CCS(C)(=O)=O.I. The quantitative estimate of drug-likeness (QED) is 0.259. The van der Waals surface area contributed by atoms with Gasteiger partial charge in [0.2, 0.25) is 5.91 Å². The van der Waals surface area contributed by atoms with Gasteiger partial charge in [0.05, 0.1) is 5.75 Å². The number of nitrogens with zero attached hydrogens (tertiary/aromatic N) is 2. The van der Waals surface area contributed by atoms with E-state index in [1.165, 1.54) is 11.8 Å². The van der Waals surface area contributed by atoms with Crippen molar-refractivity contribution in [2.24, 2.45) is 16.3 Å². The van der Waals surface area contributed by atoms with Crippen molar-refractivity contribution in [2.45, 2.75) is 33.1 Å². The number of guanidine groups is 1. The number of hydrogen-bond acceptors (Lipinski definition) is 4. The smallest absolute Gasteiger partial charge is 0.223 e. The zero-order chi connectivity index (χ0) is 22.2. The minimum absolute atomic E-state index is 0. The van der Waals surface area contributed by atoms with Crippen molar-refractivity contribution in [1.29, 1.82) is 0 Å². The summed E-state index contributed by atoms with van der Waals surface area (Å²) in [5, 5.41) is 6.60. The standard InChI is InChI=1S/C22H36N4O3S.HI/c1-22(2,11-13-30(4,28)29)17-25-21(23-3)24-15-19-14-20(27)26(16-19)12-10-18-8-6-5-7-9-18;/h5-9,19H,10-17H2,1-4H3,(H2,23,24,25);1H. The lowest BCUT2D eigenvalue weighted by molar-refractivity contribution is -0.127. The Morgan fingerprint density at radius 2 is 1.90 bits per heavy atom. The average Bonchev–Trinajstić information content (AvgIpc) is 3.05. The number of rotatable bonds is 10. The lowest BCUT2D eigenvalue weighted by Crippen LogP contribution is -2.44. The Bertz CT molecular complexity index is 828. The van der Waals surface area contributed by atoms with E-state index in [9.17, 15) is 13.2 Å². The summed E-state index contributed by atoms with van der Waals surface area (Å²) in [5.41, 5.74) is 1.08. The van der Waals surface area contributed by atoms with Crippen LogP contribution < -0.4 is 10.6 Å². The maximum atomic E-state index is 12.3.